The van der Waals surface area contributed by atoms with E-state index in [-0.39, 0.29) is 0 Å². The number of benzene rings is 1. The van der Waals surface area contributed by atoms with Crippen molar-refractivity contribution in [3.63, 3.8) is 0 Å². The molecule has 1 aliphatic rings. The normalized spacial score (nSPS) is 16.9. The predicted molar refractivity (Wildman–Crippen MR) is 91.2 cm³/mol. The fourth-order valence-electron chi connectivity index (χ4n) is 2.83. The standard InChI is InChI=1S/C16H20N2O2S2/c1-13-12-16(14(2)21-13)22(19,20)18-10-8-17(9-11-18)15-6-4-3-5-7-15/h3-7,12H,8-11H2,1-2H3. The number of aryl methyl sites for hydroxylation is 2. The molecule has 1 aliphatic heterocycles. The van der Waals surface area contributed by atoms with Crippen molar-refractivity contribution in [3.8, 4) is 0 Å². The maximum absolute atomic E-state index is 12.8. The van der Waals surface area contributed by atoms with Gasteiger partial charge in [0.1, 0.15) is 0 Å². The average molecular weight is 336 g/mol. The fraction of sp³-hybridized carbons (Fsp3) is 0.375. The molecular formula is C16H20N2O2S2. The van der Waals surface area contributed by atoms with Gasteiger partial charge in [-0.15, -0.1) is 11.3 Å². The van der Waals surface area contributed by atoms with Gasteiger partial charge in [0.15, 0.2) is 0 Å². The molecule has 22 heavy (non-hydrogen) atoms. The number of hydrogen-bond acceptors (Lipinski definition) is 4. The third-order valence-corrected chi connectivity index (χ3v) is 7.09. The number of hydrogen-bond donors (Lipinski definition) is 0. The molecule has 118 valence electrons. The van der Waals surface area contributed by atoms with Gasteiger partial charge < -0.3 is 4.90 Å². The van der Waals surface area contributed by atoms with Crippen LogP contribution in [-0.2, 0) is 10.0 Å². The summed E-state index contributed by atoms with van der Waals surface area (Å²) in [5, 5.41) is 0. The van der Waals surface area contributed by atoms with E-state index in [0.717, 1.165) is 28.5 Å². The molecule has 2 heterocycles. The van der Waals surface area contributed by atoms with Crippen molar-refractivity contribution in [2.24, 2.45) is 0 Å². The number of rotatable bonds is 3. The van der Waals surface area contributed by atoms with Crippen molar-refractivity contribution in [2.75, 3.05) is 31.1 Å². The Kier molecular flexibility index (Phi) is 4.25. The molecular weight excluding hydrogens is 316 g/mol. The van der Waals surface area contributed by atoms with Gasteiger partial charge in [-0.05, 0) is 32.0 Å². The Labute approximate surface area is 136 Å². The van der Waals surface area contributed by atoms with Crippen LogP contribution in [0, 0.1) is 13.8 Å². The smallest absolute Gasteiger partial charge is 0.244 e. The lowest BCUT2D eigenvalue weighted by molar-refractivity contribution is 0.385. The molecule has 3 rings (SSSR count). The van der Waals surface area contributed by atoms with Crippen LogP contribution in [0.2, 0.25) is 0 Å². The van der Waals surface area contributed by atoms with Crippen LogP contribution in [-0.4, -0.2) is 38.9 Å². The molecule has 0 atom stereocenters. The summed E-state index contributed by atoms with van der Waals surface area (Å²) in [7, 11) is -3.36. The lowest BCUT2D eigenvalue weighted by Gasteiger charge is -2.35. The summed E-state index contributed by atoms with van der Waals surface area (Å²) in [6, 6.07) is 11.9. The number of thiophene rings is 1. The summed E-state index contributed by atoms with van der Waals surface area (Å²) < 4.78 is 27.2. The molecule has 0 amide bonds. The Bertz CT molecular complexity index is 746. The molecule has 2 aromatic rings. The SMILES string of the molecule is Cc1cc(S(=O)(=O)N2CCN(c3ccccc3)CC2)c(C)s1. The van der Waals surface area contributed by atoms with Crippen molar-refractivity contribution in [3.05, 3.63) is 46.2 Å². The molecule has 1 fully saturated rings. The molecule has 4 nitrogen and oxygen atoms in total. The summed E-state index contributed by atoms with van der Waals surface area (Å²) >= 11 is 1.54. The van der Waals surface area contributed by atoms with E-state index in [4.69, 9.17) is 0 Å². The zero-order chi connectivity index (χ0) is 15.7. The zero-order valence-corrected chi connectivity index (χ0v) is 14.5. The molecule has 0 radical (unpaired) electrons. The van der Waals surface area contributed by atoms with Gasteiger partial charge in [0.2, 0.25) is 10.0 Å². The quantitative estimate of drug-likeness (QED) is 0.865. The number of anilines is 1. The second kappa shape index (κ2) is 6.02. The minimum Gasteiger partial charge on any atom is -0.369 e. The maximum Gasteiger partial charge on any atom is 0.244 e. The van der Waals surface area contributed by atoms with Gasteiger partial charge in [-0.3, -0.25) is 0 Å². The van der Waals surface area contributed by atoms with Gasteiger partial charge in [-0.1, -0.05) is 18.2 Å². The maximum atomic E-state index is 12.8. The van der Waals surface area contributed by atoms with Gasteiger partial charge in [0.05, 0.1) is 4.90 Å². The molecule has 0 N–H and O–H groups in total. The Morgan fingerprint density at radius 2 is 1.64 bits per heavy atom. The Hall–Kier alpha value is -1.37. The van der Waals surface area contributed by atoms with Crippen molar-refractivity contribution >= 4 is 27.0 Å². The Morgan fingerprint density at radius 3 is 2.18 bits per heavy atom. The average Bonchev–Trinajstić information content (AvgIpc) is 2.88. The highest BCUT2D eigenvalue weighted by atomic mass is 32.2. The zero-order valence-electron chi connectivity index (χ0n) is 12.8. The molecule has 1 aromatic carbocycles. The van der Waals surface area contributed by atoms with Gasteiger partial charge in [0, 0.05) is 41.6 Å². The third kappa shape index (κ3) is 2.91. The largest absolute Gasteiger partial charge is 0.369 e. The monoisotopic (exact) mass is 336 g/mol. The van der Waals surface area contributed by atoms with Gasteiger partial charge in [0.25, 0.3) is 0 Å². The third-order valence-electron chi connectivity index (χ3n) is 3.97. The van der Waals surface area contributed by atoms with E-state index in [2.05, 4.69) is 17.0 Å². The molecule has 1 aromatic heterocycles. The summed E-state index contributed by atoms with van der Waals surface area (Å²) in [6.45, 7) is 6.35. The Morgan fingerprint density at radius 1 is 1.00 bits per heavy atom. The first kappa shape index (κ1) is 15.5. The fourth-order valence-corrected chi connectivity index (χ4v) is 5.77. The van der Waals surface area contributed by atoms with Crippen molar-refractivity contribution < 1.29 is 8.42 Å². The number of piperazine rings is 1. The topological polar surface area (TPSA) is 40.6 Å². The molecule has 6 heteroatoms. The highest BCUT2D eigenvalue weighted by Gasteiger charge is 2.30. The predicted octanol–water partition coefficient (Wildman–Crippen LogP) is 2.88. The van der Waals surface area contributed by atoms with Crippen LogP contribution in [0.5, 0.6) is 0 Å². The lowest BCUT2D eigenvalue weighted by atomic mass is 10.2. The first-order chi connectivity index (χ1) is 10.5. The van der Waals surface area contributed by atoms with Gasteiger partial charge in [-0.25, -0.2) is 8.42 Å². The van der Waals surface area contributed by atoms with E-state index < -0.39 is 10.0 Å². The van der Waals surface area contributed by atoms with Crippen LogP contribution in [0.25, 0.3) is 0 Å². The van der Waals surface area contributed by atoms with Crippen molar-refractivity contribution in [1.29, 1.82) is 0 Å². The van der Waals surface area contributed by atoms with E-state index in [1.807, 2.05) is 32.0 Å². The van der Waals surface area contributed by atoms with Crippen LogP contribution in [0.4, 0.5) is 5.69 Å². The number of nitrogens with zero attached hydrogens (tertiary/aromatic N) is 2. The summed E-state index contributed by atoms with van der Waals surface area (Å²) in [6.07, 6.45) is 0. The van der Waals surface area contributed by atoms with E-state index >= 15 is 0 Å². The van der Waals surface area contributed by atoms with Crippen molar-refractivity contribution in [2.45, 2.75) is 18.7 Å². The van der Waals surface area contributed by atoms with Crippen LogP contribution < -0.4 is 4.90 Å². The van der Waals surface area contributed by atoms with Crippen LogP contribution in [0.15, 0.2) is 41.3 Å². The number of sulfonamides is 1. The highest BCUT2D eigenvalue weighted by molar-refractivity contribution is 7.89. The molecule has 0 saturated carbocycles. The first-order valence-electron chi connectivity index (χ1n) is 7.35. The minimum absolute atomic E-state index is 0.475. The number of para-hydroxylation sites is 1. The van der Waals surface area contributed by atoms with E-state index in [9.17, 15) is 8.42 Å². The van der Waals surface area contributed by atoms with E-state index in [1.54, 1.807) is 21.7 Å². The van der Waals surface area contributed by atoms with Gasteiger partial charge >= 0.3 is 0 Å². The van der Waals surface area contributed by atoms with Crippen LogP contribution in [0.3, 0.4) is 0 Å². The van der Waals surface area contributed by atoms with Gasteiger partial charge in [-0.2, -0.15) is 4.31 Å². The first-order valence-corrected chi connectivity index (χ1v) is 9.61. The molecule has 1 saturated heterocycles. The second-order valence-corrected chi connectivity index (χ2v) is 8.87. The second-order valence-electron chi connectivity index (χ2n) is 5.50. The summed E-state index contributed by atoms with van der Waals surface area (Å²) in [4.78, 5) is 4.63. The lowest BCUT2D eigenvalue weighted by Crippen LogP contribution is -2.48. The summed E-state index contributed by atoms with van der Waals surface area (Å²) in [5.41, 5.74) is 1.15. The Balaban J connectivity index is 1.75. The van der Waals surface area contributed by atoms with Crippen LogP contribution in [0.1, 0.15) is 9.75 Å². The molecule has 0 aliphatic carbocycles. The summed E-state index contributed by atoms with van der Waals surface area (Å²) in [5.74, 6) is 0. The van der Waals surface area contributed by atoms with Crippen LogP contribution >= 0.6 is 11.3 Å². The molecule has 0 bridgehead atoms. The minimum atomic E-state index is -3.36. The van der Waals surface area contributed by atoms with E-state index in [0.29, 0.717) is 18.0 Å². The van der Waals surface area contributed by atoms with Crippen molar-refractivity contribution in [1.82, 2.24) is 4.31 Å². The molecule has 0 unspecified atom stereocenters. The molecule has 0 spiro atoms. The highest BCUT2D eigenvalue weighted by Crippen LogP contribution is 2.28. The van der Waals surface area contributed by atoms with E-state index in [1.165, 1.54) is 0 Å².